The summed E-state index contributed by atoms with van der Waals surface area (Å²) < 4.78 is 2.00. The van der Waals surface area contributed by atoms with Crippen molar-refractivity contribution in [3.05, 3.63) is 40.7 Å². The van der Waals surface area contributed by atoms with E-state index in [1.807, 2.05) is 11.7 Å². The number of hydrogen-bond donors (Lipinski definition) is 0. The van der Waals surface area contributed by atoms with Gasteiger partial charge in [0.25, 0.3) is 0 Å². The van der Waals surface area contributed by atoms with Gasteiger partial charge in [-0.1, -0.05) is 18.6 Å². The highest BCUT2D eigenvalue weighted by Gasteiger charge is 2.29. The van der Waals surface area contributed by atoms with E-state index in [1.165, 1.54) is 62.0 Å². The van der Waals surface area contributed by atoms with Crippen molar-refractivity contribution < 1.29 is 0 Å². The normalized spacial score (nSPS) is 20.7. The van der Waals surface area contributed by atoms with E-state index in [2.05, 4.69) is 42.0 Å². The fourth-order valence-corrected chi connectivity index (χ4v) is 4.54. The van der Waals surface area contributed by atoms with E-state index in [1.54, 1.807) is 11.1 Å². The lowest BCUT2D eigenvalue weighted by molar-refractivity contribution is 0.163. The van der Waals surface area contributed by atoms with Gasteiger partial charge in [0.15, 0.2) is 0 Å². The predicted octanol–water partition coefficient (Wildman–Crippen LogP) is 4.60. The van der Waals surface area contributed by atoms with Crippen LogP contribution in [0.4, 0.5) is 0 Å². The van der Waals surface area contributed by atoms with Gasteiger partial charge in [-0.3, -0.25) is 9.58 Å². The van der Waals surface area contributed by atoms with E-state index in [4.69, 9.17) is 0 Å². The number of halogens is 1. The van der Waals surface area contributed by atoms with Gasteiger partial charge in [-0.15, -0.1) is 12.4 Å². The van der Waals surface area contributed by atoms with Gasteiger partial charge in [0.05, 0.1) is 5.69 Å². The summed E-state index contributed by atoms with van der Waals surface area (Å²) >= 11 is 0. The second-order valence-corrected chi connectivity index (χ2v) is 7.23. The first kappa shape index (κ1) is 17.5. The molecule has 0 saturated carbocycles. The molecule has 1 aliphatic carbocycles. The number of nitrogens with zero attached hydrogens (tertiary/aromatic N) is 3. The summed E-state index contributed by atoms with van der Waals surface area (Å²) in [6, 6.07) is 7.76. The zero-order valence-corrected chi connectivity index (χ0v) is 15.8. The van der Waals surface area contributed by atoms with Crippen LogP contribution in [0, 0.1) is 13.8 Å². The molecule has 0 radical (unpaired) electrons. The second-order valence-electron chi connectivity index (χ2n) is 7.23. The number of benzene rings is 1. The molecule has 4 rings (SSSR count). The monoisotopic (exact) mass is 345 g/mol. The van der Waals surface area contributed by atoms with Crippen LogP contribution in [0.5, 0.6) is 0 Å². The Hall–Kier alpha value is -1.32. The molecule has 4 heteroatoms. The highest BCUT2D eigenvalue weighted by Crippen LogP contribution is 2.40. The van der Waals surface area contributed by atoms with Gasteiger partial charge in [0, 0.05) is 24.3 Å². The fraction of sp³-hybridized carbons (Fsp3) is 0.550. The molecular formula is C20H28ClN3. The molecule has 1 atom stereocenters. The summed E-state index contributed by atoms with van der Waals surface area (Å²) in [5.41, 5.74) is 8.19. The second kappa shape index (κ2) is 6.89. The van der Waals surface area contributed by atoms with E-state index in [-0.39, 0.29) is 12.4 Å². The maximum Gasteiger partial charge on any atom is 0.0674 e. The lowest BCUT2D eigenvalue weighted by Gasteiger charge is -2.33. The van der Waals surface area contributed by atoms with Crippen molar-refractivity contribution in [1.29, 1.82) is 0 Å². The molecule has 1 aliphatic heterocycles. The molecule has 130 valence electrons. The Labute approximate surface area is 151 Å². The smallest absolute Gasteiger partial charge is 0.0674 e. The van der Waals surface area contributed by atoms with E-state index in [9.17, 15) is 0 Å². The van der Waals surface area contributed by atoms with Crippen molar-refractivity contribution in [2.45, 2.75) is 52.0 Å². The minimum absolute atomic E-state index is 0. The van der Waals surface area contributed by atoms with Crippen LogP contribution in [-0.4, -0.2) is 27.8 Å². The molecule has 2 heterocycles. The van der Waals surface area contributed by atoms with Crippen LogP contribution in [0.1, 0.15) is 54.2 Å². The summed E-state index contributed by atoms with van der Waals surface area (Å²) in [4.78, 5) is 2.72. The van der Waals surface area contributed by atoms with Crippen LogP contribution < -0.4 is 0 Å². The number of aromatic nitrogens is 2. The number of rotatable bonds is 2. The SMILES string of the molecule is Cc1nn(C)c(C)c1-c1ccc2c(c1)C(N1CCCCC1)CC2.Cl. The Bertz CT molecular complexity index is 729. The molecule has 1 aromatic carbocycles. The molecule has 2 aromatic rings. The van der Waals surface area contributed by atoms with E-state index in [0.29, 0.717) is 6.04 Å². The molecule has 0 bridgehead atoms. The predicted molar refractivity (Wildman–Crippen MR) is 102 cm³/mol. The van der Waals surface area contributed by atoms with E-state index >= 15 is 0 Å². The minimum Gasteiger partial charge on any atom is -0.296 e. The van der Waals surface area contributed by atoms with Crippen LogP contribution in [0.15, 0.2) is 18.2 Å². The molecule has 3 nitrogen and oxygen atoms in total. The number of aryl methyl sites for hydroxylation is 3. The Morgan fingerprint density at radius 3 is 2.50 bits per heavy atom. The lowest BCUT2D eigenvalue weighted by Crippen LogP contribution is -2.32. The highest BCUT2D eigenvalue weighted by molar-refractivity contribution is 5.85. The highest BCUT2D eigenvalue weighted by atomic mass is 35.5. The maximum atomic E-state index is 4.60. The lowest BCUT2D eigenvalue weighted by atomic mass is 9.97. The summed E-state index contributed by atoms with van der Waals surface area (Å²) in [5, 5.41) is 4.60. The van der Waals surface area contributed by atoms with Crippen LogP contribution in [-0.2, 0) is 13.5 Å². The average molecular weight is 346 g/mol. The van der Waals surface area contributed by atoms with Crippen molar-refractivity contribution >= 4 is 12.4 Å². The first-order valence-electron chi connectivity index (χ1n) is 9.02. The van der Waals surface area contributed by atoms with Crippen LogP contribution >= 0.6 is 12.4 Å². The Morgan fingerprint density at radius 2 is 1.83 bits per heavy atom. The molecule has 24 heavy (non-hydrogen) atoms. The molecule has 1 aromatic heterocycles. The topological polar surface area (TPSA) is 21.1 Å². The first-order valence-corrected chi connectivity index (χ1v) is 9.02. The first-order chi connectivity index (χ1) is 11.1. The molecule has 1 fully saturated rings. The van der Waals surface area contributed by atoms with Gasteiger partial charge in [0.1, 0.15) is 0 Å². The maximum absolute atomic E-state index is 4.60. The summed E-state index contributed by atoms with van der Waals surface area (Å²) in [6.07, 6.45) is 6.68. The zero-order valence-electron chi connectivity index (χ0n) is 15.0. The number of piperidine rings is 1. The third-order valence-corrected chi connectivity index (χ3v) is 5.82. The average Bonchev–Trinajstić information content (AvgIpc) is 3.09. The van der Waals surface area contributed by atoms with Gasteiger partial charge in [0.2, 0.25) is 0 Å². The number of fused-ring (bicyclic) bond motifs is 1. The summed E-state index contributed by atoms with van der Waals surface area (Å²) in [7, 11) is 2.04. The quantitative estimate of drug-likeness (QED) is 0.793. The molecule has 1 saturated heterocycles. The zero-order chi connectivity index (χ0) is 16.0. The van der Waals surface area contributed by atoms with Crippen molar-refractivity contribution in [3.63, 3.8) is 0 Å². The van der Waals surface area contributed by atoms with Crippen molar-refractivity contribution in [3.8, 4) is 11.1 Å². The van der Waals surface area contributed by atoms with E-state index < -0.39 is 0 Å². The van der Waals surface area contributed by atoms with Gasteiger partial charge < -0.3 is 0 Å². The molecule has 0 N–H and O–H groups in total. The number of likely N-dealkylation sites (tertiary alicyclic amines) is 1. The third kappa shape index (κ3) is 2.89. The third-order valence-electron chi connectivity index (χ3n) is 5.82. The molecule has 0 spiro atoms. The summed E-state index contributed by atoms with van der Waals surface area (Å²) in [6.45, 7) is 6.85. The molecule has 0 amide bonds. The Kier molecular flexibility index (Phi) is 5.03. The van der Waals surface area contributed by atoms with Crippen molar-refractivity contribution in [2.75, 3.05) is 13.1 Å². The van der Waals surface area contributed by atoms with Gasteiger partial charge >= 0.3 is 0 Å². The largest absolute Gasteiger partial charge is 0.296 e. The van der Waals surface area contributed by atoms with E-state index in [0.717, 1.165) is 5.69 Å². The number of hydrogen-bond acceptors (Lipinski definition) is 2. The van der Waals surface area contributed by atoms with Gasteiger partial charge in [-0.2, -0.15) is 5.10 Å². The molecule has 2 aliphatic rings. The van der Waals surface area contributed by atoms with Gasteiger partial charge in [-0.05, 0) is 75.4 Å². The minimum atomic E-state index is 0. The molecular weight excluding hydrogens is 318 g/mol. The summed E-state index contributed by atoms with van der Waals surface area (Å²) in [5.74, 6) is 0. The standard InChI is InChI=1S/C20H27N3.ClH/c1-14-20(15(2)22(3)21-14)17-8-7-16-9-10-19(18(16)13-17)23-11-5-4-6-12-23;/h7-8,13,19H,4-6,9-12H2,1-3H3;1H. The van der Waals surface area contributed by atoms with Crippen LogP contribution in [0.2, 0.25) is 0 Å². The van der Waals surface area contributed by atoms with Gasteiger partial charge in [-0.25, -0.2) is 0 Å². The van der Waals surface area contributed by atoms with Crippen molar-refractivity contribution in [1.82, 2.24) is 14.7 Å². The Balaban J connectivity index is 0.00000169. The van der Waals surface area contributed by atoms with Crippen molar-refractivity contribution in [2.24, 2.45) is 7.05 Å². The fourth-order valence-electron chi connectivity index (χ4n) is 4.54. The molecule has 1 unspecified atom stereocenters. The van der Waals surface area contributed by atoms with Crippen LogP contribution in [0.3, 0.4) is 0 Å². The van der Waals surface area contributed by atoms with Crippen LogP contribution in [0.25, 0.3) is 11.1 Å². The Morgan fingerprint density at radius 1 is 1.08 bits per heavy atom.